The van der Waals surface area contributed by atoms with E-state index in [9.17, 15) is 18.0 Å². The SMILES string of the molecule is O=C(COC(=O)CNS(=O)(=O)c1ccc2c(c1)CCCC2)Nc1ccccc1. The van der Waals surface area contributed by atoms with Crippen molar-refractivity contribution in [2.45, 2.75) is 30.6 Å². The maximum atomic E-state index is 12.4. The average molecular weight is 402 g/mol. The van der Waals surface area contributed by atoms with Crippen molar-refractivity contribution in [3.8, 4) is 0 Å². The van der Waals surface area contributed by atoms with Gasteiger partial charge in [-0.3, -0.25) is 9.59 Å². The summed E-state index contributed by atoms with van der Waals surface area (Å²) in [5, 5.41) is 2.57. The minimum absolute atomic E-state index is 0.128. The van der Waals surface area contributed by atoms with Crippen molar-refractivity contribution < 1.29 is 22.7 Å². The quantitative estimate of drug-likeness (QED) is 0.690. The van der Waals surface area contributed by atoms with Crippen LogP contribution in [0.15, 0.2) is 53.4 Å². The van der Waals surface area contributed by atoms with Crippen LogP contribution in [0.4, 0.5) is 5.69 Å². The van der Waals surface area contributed by atoms with E-state index in [0.29, 0.717) is 5.69 Å². The number of hydrogen-bond acceptors (Lipinski definition) is 5. The summed E-state index contributed by atoms with van der Waals surface area (Å²) in [7, 11) is -3.83. The Labute approximate surface area is 164 Å². The van der Waals surface area contributed by atoms with Crippen LogP contribution >= 0.6 is 0 Å². The molecular weight excluding hydrogens is 380 g/mol. The molecule has 0 radical (unpaired) electrons. The van der Waals surface area contributed by atoms with Crippen LogP contribution in [0, 0.1) is 0 Å². The predicted octanol–water partition coefficient (Wildman–Crippen LogP) is 2.03. The zero-order valence-corrected chi connectivity index (χ0v) is 16.1. The number of carbonyl (C=O) groups excluding carboxylic acids is 2. The molecule has 0 saturated carbocycles. The van der Waals surface area contributed by atoms with Gasteiger partial charge in [0.15, 0.2) is 6.61 Å². The number of para-hydroxylation sites is 1. The van der Waals surface area contributed by atoms with Gasteiger partial charge in [0.2, 0.25) is 10.0 Å². The third-order valence-electron chi connectivity index (χ3n) is 4.46. The lowest BCUT2D eigenvalue weighted by atomic mass is 9.92. The smallest absolute Gasteiger partial charge is 0.321 e. The first-order valence-electron chi connectivity index (χ1n) is 9.06. The summed E-state index contributed by atoms with van der Waals surface area (Å²) in [6.07, 6.45) is 3.97. The van der Waals surface area contributed by atoms with E-state index in [4.69, 9.17) is 4.74 Å². The number of amides is 1. The molecule has 0 aliphatic heterocycles. The number of nitrogens with one attached hydrogen (secondary N) is 2. The van der Waals surface area contributed by atoms with Crippen LogP contribution in [0.1, 0.15) is 24.0 Å². The van der Waals surface area contributed by atoms with Crippen molar-refractivity contribution in [3.05, 3.63) is 59.7 Å². The zero-order chi connectivity index (χ0) is 20.0. The monoisotopic (exact) mass is 402 g/mol. The van der Waals surface area contributed by atoms with Crippen LogP contribution in [0.25, 0.3) is 0 Å². The molecule has 2 aromatic carbocycles. The lowest BCUT2D eigenvalue weighted by Crippen LogP contribution is -2.32. The summed E-state index contributed by atoms with van der Waals surface area (Å²) in [6.45, 7) is -1.04. The first-order chi connectivity index (χ1) is 13.4. The van der Waals surface area contributed by atoms with E-state index in [1.807, 2.05) is 12.1 Å². The van der Waals surface area contributed by atoms with E-state index in [1.165, 1.54) is 5.56 Å². The van der Waals surface area contributed by atoms with Crippen LogP contribution in [0.5, 0.6) is 0 Å². The topological polar surface area (TPSA) is 102 Å². The van der Waals surface area contributed by atoms with Crippen molar-refractivity contribution in [2.24, 2.45) is 0 Å². The summed E-state index contributed by atoms with van der Waals surface area (Å²) in [6, 6.07) is 13.8. The first-order valence-corrected chi connectivity index (χ1v) is 10.5. The zero-order valence-electron chi connectivity index (χ0n) is 15.3. The molecule has 0 saturated heterocycles. The number of fused-ring (bicyclic) bond motifs is 1. The molecule has 2 N–H and O–H groups in total. The number of carbonyl (C=O) groups is 2. The van der Waals surface area contributed by atoms with Crippen molar-refractivity contribution in [3.63, 3.8) is 0 Å². The Bertz CT molecular complexity index is 958. The molecule has 148 valence electrons. The number of benzene rings is 2. The van der Waals surface area contributed by atoms with Gasteiger partial charge in [0.05, 0.1) is 4.90 Å². The van der Waals surface area contributed by atoms with E-state index in [-0.39, 0.29) is 4.90 Å². The summed E-state index contributed by atoms with van der Waals surface area (Å²) in [4.78, 5) is 23.7. The fourth-order valence-corrected chi connectivity index (χ4v) is 4.05. The van der Waals surface area contributed by atoms with E-state index in [0.717, 1.165) is 31.2 Å². The number of ether oxygens (including phenoxy) is 1. The van der Waals surface area contributed by atoms with Crippen molar-refractivity contribution in [2.75, 3.05) is 18.5 Å². The van der Waals surface area contributed by atoms with Crippen LogP contribution in [0.2, 0.25) is 0 Å². The molecule has 1 aliphatic carbocycles. The molecule has 0 spiro atoms. The number of rotatable bonds is 7. The molecular formula is C20H22N2O5S. The first kappa shape index (κ1) is 20.0. The number of sulfonamides is 1. The molecule has 3 rings (SSSR count). The molecule has 0 heterocycles. The Hall–Kier alpha value is -2.71. The van der Waals surface area contributed by atoms with Gasteiger partial charge in [-0.1, -0.05) is 24.3 Å². The number of anilines is 1. The second-order valence-corrected chi connectivity index (χ2v) is 8.30. The largest absolute Gasteiger partial charge is 0.455 e. The highest BCUT2D eigenvalue weighted by molar-refractivity contribution is 7.89. The summed E-state index contributed by atoms with van der Waals surface area (Å²) < 4.78 is 31.8. The minimum Gasteiger partial charge on any atom is -0.455 e. The normalized spacial score (nSPS) is 13.4. The van der Waals surface area contributed by atoms with Crippen LogP contribution in [-0.2, 0) is 37.2 Å². The van der Waals surface area contributed by atoms with Gasteiger partial charge in [0.25, 0.3) is 5.91 Å². The van der Waals surface area contributed by atoms with E-state index in [1.54, 1.807) is 36.4 Å². The Morgan fingerprint density at radius 3 is 2.43 bits per heavy atom. The summed E-state index contributed by atoms with van der Waals surface area (Å²) in [5.41, 5.74) is 2.79. The number of hydrogen-bond donors (Lipinski definition) is 2. The second-order valence-electron chi connectivity index (χ2n) is 6.54. The predicted molar refractivity (Wildman–Crippen MR) is 104 cm³/mol. The standard InChI is InChI=1S/C20H22N2O5S/c23-19(22-17-8-2-1-3-9-17)14-27-20(24)13-21-28(25,26)18-11-10-15-6-4-5-7-16(15)12-18/h1-3,8-12,21H,4-7,13-14H2,(H,22,23). The molecule has 0 fully saturated rings. The number of esters is 1. The fraction of sp³-hybridized carbons (Fsp3) is 0.300. The number of aryl methyl sites for hydroxylation is 2. The third-order valence-corrected chi connectivity index (χ3v) is 5.86. The van der Waals surface area contributed by atoms with Gasteiger partial charge < -0.3 is 10.1 Å². The molecule has 0 unspecified atom stereocenters. The van der Waals surface area contributed by atoms with Gasteiger partial charge in [-0.25, -0.2) is 8.42 Å². The van der Waals surface area contributed by atoms with E-state index < -0.39 is 35.1 Å². The van der Waals surface area contributed by atoms with Gasteiger partial charge in [-0.05, 0) is 61.1 Å². The molecule has 1 amide bonds. The highest BCUT2D eigenvalue weighted by Crippen LogP contribution is 2.23. The summed E-state index contributed by atoms with van der Waals surface area (Å²) >= 11 is 0. The van der Waals surface area contributed by atoms with Gasteiger partial charge in [-0.2, -0.15) is 4.72 Å². The minimum atomic E-state index is -3.83. The lowest BCUT2D eigenvalue weighted by molar-refractivity contribution is -0.146. The third kappa shape index (κ3) is 5.40. The van der Waals surface area contributed by atoms with Gasteiger partial charge >= 0.3 is 5.97 Å². The molecule has 0 bridgehead atoms. The van der Waals surface area contributed by atoms with Gasteiger partial charge in [0, 0.05) is 5.69 Å². The highest BCUT2D eigenvalue weighted by atomic mass is 32.2. The highest BCUT2D eigenvalue weighted by Gasteiger charge is 2.19. The van der Waals surface area contributed by atoms with Crippen LogP contribution < -0.4 is 10.0 Å². The molecule has 28 heavy (non-hydrogen) atoms. The van der Waals surface area contributed by atoms with E-state index >= 15 is 0 Å². The van der Waals surface area contributed by atoms with Gasteiger partial charge in [0.1, 0.15) is 6.54 Å². The van der Waals surface area contributed by atoms with Crippen LogP contribution in [0.3, 0.4) is 0 Å². The summed E-state index contributed by atoms with van der Waals surface area (Å²) in [5.74, 6) is -1.33. The molecule has 2 aromatic rings. The van der Waals surface area contributed by atoms with Gasteiger partial charge in [-0.15, -0.1) is 0 Å². The average Bonchev–Trinajstić information content (AvgIpc) is 2.71. The van der Waals surface area contributed by atoms with Crippen molar-refractivity contribution in [1.29, 1.82) is 0 Å². The molecule has 1 aliphatic rings. The molecule has 0 aromatic heterocycles. The molecule has 0 atom stereocenters. The van der Waals surface area contributed by atoms with E-state index in [2.05, 4.69) is 10.0 Å². The van der Waals surface area contributed by atoms with Crippen molar-refractivity contribution >= 4 is 27.6 Å². The molecule has 8 heteroatoms. The Balaban J connectivity index is 1.49. The maximum Gasteiger partial charge on any atom is 0.321 e. The Morgan fingerprint density at radius 2 is 1.68 bits per heavy atom. The Morgan fingerprint density at radius 1 is 0.964 bits per heavy atom. The lowest BCUT2D eigenvalue weighted by Gasteiger charge is -2.16. The van der Waals surface area contributed by atoms with Crippen molar-refractivity contribution in [1.82, 2.24) is 4.72 Å². The second kappa shape index (κ2) is 8.99. The Kier molecular flexibility index (Phi) is 6.43. The fourth-order valence-electron chi connectivity index (χ4n) is 3.03. The van der Waals surface area contributed by atoms with Crippen LogP contribution in [-0.4, -0.2) is 33.4 Å². The molecule has 7 nitrogen and oxygen atoms in total. The maximum absolute atomic E-state index is 12.4.